The summed E-state index contributed by atoms with van der Waals surface area (Å²) in [6.45, 7) is 4.87. The summed E-state index contributed by atoms with van der Waals surface area (Å²) in [5.41, 5.74) is 5.40. The lowest BCUT2D eigenvalue weighted by Gasteiger charge is -2.08. The number of carbonyl (C=O) groups is 2. The summed E-state index contributed by atoms with van der Waals surface area (Å²) in [5, 5.41) is 18.2. The van der Waals surface area contributed by atoms with E-state index in [0.717, 1.165) is 7.11 Å². The van der Waals surface area contributed by atoms with Gasteiger partial charge in [-0.25, -0.2) is 0 Å². The number of aliphatic hydroxyl groups excluding tert-OH is 2. The standard InChI is InChI=1S/C17H34N2O8.CH4O/c18-16(15-21)1-2-17(22)19-3-5-23-7-9-25-11-13-27-14-12-26-10-8-24-6-4-20;1-2/h15-16,20H,1-14,18H2,(H,19,22);2H,1H3. The zero-order valence-corrected chi connectivity index (χ0v) is 17.4. The number of rotatable bonds is 21. The Kier molecular flexibility index (Phi) is 27.8. The Morgan fingerprint density at radius 1 is 0.862 bits per heavy atom. The largest absolute Gasteiger partial charge is 0.400 e. The summed E-state index contributed by atoms with van der Waals surface area (Å²) in [7, 11) is 1.00. The van der Waals surface area contributed by atoms with Gasteiger partial charge in [0.2, 0.25) is 5.91 Å². The normalized spacial score (nSPS) is 11.4. The second kappa shape index (κ2) is 26.8. The highest BCUT2D eigenvalue weighted by atomic mass is 16.6. The molecule has 0 radical (unpaired) electrons. The first-order chi connectivity index (χ1) is 14.2. The first kappa shape index (κ1) is 30.0. The molecule has 0 saturated heterocycles. The number of ether oxygens (including phenoxy) is 5. The van der Waals surface area contributed by atoms with Crippen molar-refractivity contribution in [2.24, 2.45) is 5.73 Å². The van der Waals surface area contributed by atoms with E-state index in [2.05, 4.69) is 5.32 Å². The highest BCUT2D eigenvalue weighted by molar-refractivity contribution is 5.76. The Morgan fingerprint density at radius 3 is 1.69 bits per heavy atom. The Balaban J connectivity index is 0. The minimum Gasteiger partial charge on any atom is -0.400 e. The van der Waals surface area contributed by atoms with E-state index < -0.39 is 6.04 Å². The van der Waals surface area contributed by atoms with Crippen LogP contribution in [-0.4, -0.2) is 115 Å². The van der Waals surface area contributed by atoms with Crippen molar-refractivity contribution in [1.29, 1.82) is 0 Å². The van der Waals surface area contributed by atoms with E-state index in [0.29, 0.717) is 85.3 Å². The summed E-state index contributed by atoms with van der Waals surface area (Å²) in [4.78, 5) is 21.8. The van der Waals surface area contributed by atoms with Crippen LogP contribution in [0.4, 0.5) is 0 Å². The van der Waals surface area contributed by atoms with E-state index >= 15 is 0 Å². The zero-order chi connectivity index (χ0) is 22.0. The van der Waals surface area contributed by atoms with E-state index in [9.17, 15) is 9.59 Å². The Labute approximate surface area is 172 Å². The smallest absolute Gasteiger partial charge is 0.220 e. The molecule has 0 spiro atoms. The van der Waals surface area contributed by atoms with Crippen LogP contribution in [0.2, 0.25) is 0 Å². The number of hydrogen-bond donors (Lipinski definition) is 4. The molecule has 11 nitrogen and oxygen atoms in total. The maximum absolute atomic E-state index is 11.4. The SMILES string of the molecule is CO.NC(C=O)CCC(=O)NCCOCCOCCOCCOCCOCCO. The minimum atomic E-state index is -0.586. The number of nitrogens with two attached hydrogens (primary N) is 1. The van der Waals surface area contributed by atoms with Crippen molar-refractivity contribution in [3.8, 4) is 0 Å². The highest BCUT2D eigenvalue weighted by Crippen LogP contribution is 1.91. The fourth-order valence-electron chi connectivity index (χ4n) is 1.76. The number of nitrogens with one attached hydrogen (secondary N) is 1. The molecule has 0 aliphatic heterocycles. The third-order valence-electron chi connectivity index (χ3n) is 3.17. The van der Waals surface area contributed by atoms with Crippen LogP contribution < -0.4 is 11.1 Å². The fourth-order valence-corrected chi connectivity index (χ4v) is 1.76. The van der Waals surface area contributed by atoms with Gasteiger partial charge in [0.05, 0.1) is 78.7 Å². The molecule has 0 aromatic rings. The van der Waals surface area contributed by atoms with Gasteiger partial charge < -0.3 is 49.7 Å². The molecule has 0 saturated carbocycles. The van der Waals surface area contributed by atoms with E-state index in [1.807, 2.05) is 0 Å². The van der Waals surface area contributed by atoms with Crippen LogP contribution >= 0.6 is 0 Å². The van der Waals surface area contributed by atoms with Gasteiger partial charge >= 0.3 is 0 Å². The van der Waals surface area contributed by atoms with Gasteiger partial charge in [-0.3, -0.25) is 4.79 Å². The van der Waals surface area contributed by atoms with Crippen LogP contribution in [0.25, 0.3) is 0 Å². The van der Waals surface area contributed by atoms with Crippen molar-refractivity contribution < 1.29 is 43.5 Å². The van der Waals surface area contributed by atoms with Crippen LogP contribution in [0.1, 0.15) is 12.8 Å². The lowest BCUT2D eigenvalue weighted by molar-refractivity contribution is -0.121. The molecule has 11 heteroatoms. The van der Waals surface area contributed by atoms with Crippen molar-refractivity contribution in [3.63, 3.8) is 0 Å². The van der Waals surface area contributed by atoms with Crippen LogP contribution in [0.3, 0.4) is 0 Å². The molecule has 1 unspecified atom stereocenters. The average molecular weight is 427 g/mol. The van der Waals surface area contributed by atoms with Crippen molar-refractivity contribution in [3.05, 3.63) is 0 Å². The van der Waals surface area contributed by atoms with Crippen LogP contribution in [0.15, 0.2) is 0 Å². The van der Waals surface area contributed by atoms with Gasteiger partial charge in [0, 0.05) is 20.1 Å². The predicted molar refractivity (Wildman–Crippen MR) is 106 cm³/mol. The van der Waals surface area contributed by atoms with Gasteiger partial charge in [0.1, 0.15) is 6.29 Å². The lowest BCUT2D eigenvalue weighted by Crippen LogP contribution is -2.30. The second-order valence-electron chi connectivity index (χ2n) is 5.47. The molecule has 1 atom stereocenters. The Bertz CT molecular complexity index is 349. The molecule has 0 aliphatic carbocycles. The van der Waals surface area contributed by atoms with Crippen LogP contribution in [0.5, 0.6) is 0 Å². The highest BCUT2D eigenvalue weighted by Gasteiger charge is 2.05. The number of amides is 1. The summed E-state index contributed by atoms with van der Waals surface area (Å²) in [5.74, 6) is -0.147. The Hall–Kier alpha value is -1.18. The first-order valence-electron chi connectivity index (χ1n) is 9.62. The molecule has 0 aromatic heterocycles. The molecule has 1 amide bonds. The molecule has 0 heterocycles. The third-order valence-corrected chi connectivity index (χ3v) is 3.17. The van der Waals surface area contributed by atoms with Gasteiger partial charge in [-0.2, -0.15) is 0 Å². The first-order valence-corrected chi connectivity index (χ1v) is 9.62. The van der Waals surface area contributed by atoms with Gasteiger partial charge in [0.15, 0.2) is 0 Å². The van der Waals surface area contributed by atoms with Crippen molar-refractivity contribution >= 4 is 12.2 Å². The van der Waals surface area contributed by atoms with Gasteiger partial charge in [-0.1, -0.05) is 0 Å². The summed E-state index contributed by atoms with van der Waals surface area (Å²) in [6.07, 6.45) is 1.20. The molecule has 5 N–H and O–H groups in total. The van der Waals surface area contributed by atoms with Gasteiger partial charge in [0.25, 0.3) is 0 Å². The molecule has 0 fully saturated rings. The number of aldehydes is 1. The molecular formula is C18H38N2O9. The van der Waals surface area contributed by atoms with Crippen molar-refractivity contribution in [2.75, 3.05) is 86.3 Å². The maximum atomic E-state index is 11.4. The van der Waals surface area contributed by atoms with Gasteiger partial charge in [-0.15, -0.1) is 0 Å². The van der Waals surface area contributed by atoms with Crippen molar-refractivity contribution in [2.45, 2.75) is 18.9 Å². The predicted octanol–water partition coefficient (Wildman–Crippen LogP) is -1.91. The number of carbonyl (C=O) groups excluding carboxylic acids is 2. The summed E-state index contributed by atoms with van der Waals surface area (Å²) < 4.78 is 26.3. The van der Waals surface area contributed by atoms with Crippen molar-refractivity contribution in [1.82, 2.24) is 5.32 Å². The van der Waals surface area contributed by atoms with Crippen LogP contribution in [-0.2, 0) is 33.3 Å². The van der Waals surface area contributed by atoms with E-state index in [1.54, 1.807) is 0 Å². The summed E-state index contributed by atoms with van der Waals surface area (Å²) in [6, 6.07) is -0.586. The van der Waals surface area contributed by atoms with E-state index in [-0.39, 0.29) is 18.9 Å². The van der Waals surface area contributed by atoms with E-state index in [4.69, 9.17) is 39.6 Å². The van der Waals surface area contributed by atoms with Crippen LogP contribution in [0, 0.1) is 0 Å². The average Bonchev–Trinajstić information content (AvgIpc) is 2.75. The lowest BCUT2D eigenvalue weighted by atomic mass is 10.2. The molecule has 0 rings (SSSR count). The third kappa shape index (κ3) is 26.8. The number of hydrogen-bond acceptors (Lipinski definition) is 10. The fraction of sp³-hybridized carbons (Fsp3) is 0.889. The number of aliphatic hydroxyl groups is 2. The monoisotopic (exact) mass is 426 g/mol. The molecular weight excluding hydrogens is 388 g/mol. The van der Waals surface area contributed by atoms with E-state index in [1.165, 1.54) is 0 Å². The topological polar surface area (TPSA) is 159 Å². The minimum absolute atomic E-state index is 0.0176. The molecule has 174 valence electrons. The molecule has 0 bridgehead atoms. The molecule has 29 heavy (non-hydrogen) atoms. The maximum Gasteiger partial charge on any atom is 0.220 e. The quantitative estimate of drug-likeness (QED) is 0.121. The van der Waals surface area contributed by atoms with Gasteiger partial charge in [-0.05, 0) is 6.42 Å². The zero-order valence-electron chi connectivity index (χ0n) is 17.4. The second-order valence-corrected chi connectivity index (χ2v) is 5.47. The summed E-state index contributed by atoms with van der Waals surface area (Å²) >= 11 is 0. The Morgan fingerprint density at radius 2 is 1.28 bits per heavy atom. The molecule has 0 aromatic carbocycles. The molecule has 0 aliphatic rings.